The molecule has 4 nitrogen and oxygen atoms in total. The molecule has 23 heavy (non-hydrogen) atoms. The first-order valence-corrected chi connectivity index (χ1v) is 7.39. The van der Waals surface area contributed by atoms with Gasteiger partial charge in [0.1, 0.15) is 5.82 Å². The Bertz CT molecular complexity index is 749. The predicted molar refractivity (Wildman–Crippen MR) is 87.0 cm³/mol. The molecule has 0 bridgehead atoms. The second-order valence-corrected chi connectivity index (χ2v) is 5.71. The summed E-state index contributed by atoms with van der Waals surface area (Å²) in [5, 5.41) is 6.80. The standard InChI is InChI=1S/C18H17FN2O2/c1-11-7-12(2)9-15(8-11)20-18(22)17-10-16(21-23-17)13-3-5-14(19)6-4-13/h3-9,17H,10H2,1-2H3,(H,20,22). The summed E-state index contributed by atoms with van der Waals surface area (Å²) >= 11 is 0. The third-order valence-corrected chi connectivity index (χ3v) is 3.63. The van der Waals surface area contributed by atoms with Crippen molar-refractivity contribution in [1.29, 1.82) is 0 Å². The van der Waals surface area contributed by atoms with E-state index in [0.29, 0.717) is 12.1 Å². The highest BCUT2D eigenvalue weighted by Crippen LogP contribution is 2.20. The largest absolute Gasteiger partial charge is 0.382 e. The summed E-state index contributed by atoms with van der Waals surface area (Å²) in [7, 11) is 0. The number of rotatable bonds is 3. The van der Waals surface area contributed by atoms with Crippen molar-refractivity contribution < 1.29 is 14.0 Å². The van der Waals surface area contributed by atoms with E-state index in [4.69, 9.17) is 4.84 Å². The minimum Gasteiger partial charge on any atom is -0.382 e. The Hall–Kier alpha value is -2.69. The van der Waals surface area contributed by atoms with Crippen molar-refractivity contribution in [2.75, 3.05) is 5.32 Å². The van der Waals surface area contributed by atoms with Crippen molar-refractivity contribution in [3.63, 3.8) is 0 Å². The summed E-state index contributed by atoms with van der Waals surface area (Å²) in [4.78, 5) is 17.5. The molecule has 0 aromatic heterocycles. The van der Waals surface area contributed by atoms with Crippen LogP contribution in [0.4, 0.5) is 10.1 Å². The number of hydrogen-bond acceptors (Lipinski definition) is 3. The van der Waals surface area contributed by atoms with Crippen molar-refractivity contribution >= 4 is 17.3 Å². The molecule has 0 spiro atoms. The van der Waals surface area contributed by atoms with Crippen molar-refractivity contribution in [2.45, 2.75) is 26.4 Å². The Morgan fingerprint density at radius 1 is 1.17 bits per heavy atom. The van der Waals surface area contributed by atoms with Gasteiger partial charge in [-0.15, -0.1) is 0 Å². The molecule has 118 valence electrons. The average molecular weight is 312 g/mol. The maximum absolute atomic E-state index is 13.0. The second-order valence-electron chi connectivity index (χ2n) is 5.71. The monoisotopic (exact) mass is 312 g/mol. The van der Waals surface area contributed by atoms with Gasteiger partial charge < -0.3 is 10.2 Å². The lowest BCUT2D eigenvalue weighted by atomic mass is 10.0. The number of benzene rings is 2. The molecule has 0 saturated carbocycles. The van der Waals surface area contributed by atoms with E-state index in [0.717, 1.165) is 22.4 Å². The number of carbonyl (C=O) groups excluding carboxylic acids is 1. The Balaban J connectivity index is 1.65. The van der Waals surface area contributed by atoms with Crippen LogP contribution in [0, 0.1) is 19.7 Å². The number of anilines is 1. The Labute approximate surface area is 134 Å². The van der Waals surface area contributed by atoms with Crippen LogP contribution in [0.25, 0.3) is 0 Å². The molecule has 1 atom stereocenters. The lowest BCUT2D eigenvalue weighted by Gasteiger charge is -2.11. The lowest BCUT2D eigenvalue weighted by Crippen LogP contribution is -2.28. The van der Waals surface area contributed by atoms with E-state index in [9.17, 15) is 9.18 Å². The van der Waals surface area contributed by atoms with E-state index in [-0.39, 0.29) is 11.7 Å². The number of carbonyl (C=O) groups is 1. The lowest BCUT2D eigenvalue weighted by molar-refractivity contribution is -0.125. The third kappa shape index (κ3) is 3.56. The van der Waals surface area contributed by atoms with Gasteiger partial charge in [0.2, 0.25) is 6.10 Å². The molecule has 2 aromatic rings. The number of nitrogens with zero attached hydrogens (tertiary/aromatic N) is 1. The minimum atomic E-state index is -0.670. The number of hydrogen-bond donors (Lipinski definition) is 1. The van der Waals surface area contributed by atoms with Crippen molar-refractivity contribution in [1.82, 2.24) is 0 Å². The Morgan fingerprint density at radius 2 is 1.83 bits per heavy atom. The zero-order valence-electron chi connectivity index (χ0n) is 13.0. The summed E-state index contributed by atoms with van der Waals surface area (Å²) in [5.41, 5.74) is 4.30. The van der Waals surface area contributed by atoms with Crippen LogP contribution in [-0.2, 0) is 9.63 Å². The molecule has 0 fully saturated rings. The molecule has 1 aliphatic heterocycles. The molecule has 1 aliphatic rings. The Morgan fingerprint density at radius 3 is 2.48 bits per heavy atom. The van der Waals surface area contributed by atoms with Gasteiger partial charge in [0.15, 0.2) is 0 Å². The quantitative estimate of drug-likeness (QED) is 0.942. The van der Waals surface area contributed by atoms with Gasteiger partial charge in [-0.2, -0.15) is 0 Å². The Kier molecular flexibility index (Phi) is 4.10. The smallest absolute Gasteiger partial charge is 0.268 e. The topological polar surface area (TPSA) is 50.7 Å². The van der Waals surface area contributed by atoms with Crippen molar-refractivity contribution in [3.8, 4) is 0 Å². The van der Waals surface area contributed by atoms with Crippen LogP contribution in [0.1, 0.15) is 23.1 Å². The molecule has 0 aliphatic carbocycles. The summed E-state index contributed by atoms with van der Waals surface area (Å²) < 4.78 is 13.0. The van der Waals surface area contributed by atoms with Crippen molar-refractivity contribution in [2.24, 2.45) is 5.16 Å². The molecule has 1 amide bonds. The normalized spacial score (nSPS) is 16.7. The van der Waals surface area contributed by atoms with Crippen LogP contribution in [-0.4, -0.2) is 17.7 Å². The highest BCUT2D eigenvalue weighted by atomic mass is 19.1. The van der Waals surface area contributed by atoms with E-state index in [1.54, 1.807) is 12.1 Å². The summed E-state index contributed by atoms with van der Waals surface area (Å²) in [6, 6.07) is 11.8. The van der Waals surface area contributed by atoms with E-state index in [2.05, 4.69) is 10.5 Å². The number of aryl methyl sites for hydroxylation is 2. The van der Waals surface area contributed by atoms with Gasteiger partial charge >= 0.3 is 0 Å². The fraction of sp³-hybridized carbons (Fsp3) is 0.222. The first-order valence-electron chi connectivity index (χ1n) is 7.39. The molecule has 1 N–H and O–H groups in total. The molecule has 0 radical (unpaired) electrons. The number of amides is 1. The van der Waals surface area contributed by atoms with Crippen molar-refractivity contribution in [3.05, 3.63) is 65.0 Å². The van der Waals surface area contributed by atoms with E-state index < -0.39 is 6.10 Å². The predicted octanol–water partition coefficient (Wildman–Crippen LogP) is 3.57. The number of halogens is 1. The van der Waals surface area contributed by atoms with Crippen LogP contribution in [0.3, 0.4) is 0 Å². The molecule has 5 heteroatoms. The molecule has 0 saturated heterocycles. The SMILES string of the molecule is Cc1cc(C)cc(NC(=O)C2CC(c3ccc(F)cc3)=NO2)c1. The summed E-state index contributed by atoms with van der Waals surface area (Å²) in [6.45, 7) is 3.95. The van der Waals surface area contributed by atoms with Gasteiger partial charge in [-0.1, -0.05) is 23.4 Å². The first-order chi connectivity index (χ1) is 11.0. The van der Waals surface area contributed by atoms with Gasteiger partial charge in [-0.25, -0.2) is 4.39 Å². The second kappa shape index (κ2) is 6.20. The minimum absolute atomic E-state index is 0.240. The van der Waals surface area contributed by atoms with E-state index >= 15 is 0 Å². The zero-order valence-corrected chi connectivity index (χ0v) is 13.0. The highest BCUT2D eigenvalue weighted by molar-refractivity contribution is 6.06. The highest BCUT2D eigenvalue weighted by Gasteiger charge is 2.29. The van der Waals surface area contributed by atoms with Gasteiger partial charge in [-0.05, 0) is 54.8 Å². The first kappa shape index (κ1) is 15.2. The maximum atomic E-state index is 13.0. The van der Waals surface area contributed by atoms with E-state index in [1.165, 1.54) is 12.1 Å². The van der Waals surface area contributed by atoms with Gasteiger partial charge in [0.05, 0.1) is 5.71 Å². The molecule has 3 rings (SSSR count). The third-order valence-electron chi connectivity index (χ3n) is 3.63. The molecule has 2 aromatic carbocycles. The number of nitrogens with one attached hydrogen (secondary N) is 1. The zero-order chi connectivity index (χ0) is 16.4. The summed E-state index contributed by atoms with van der Waals surface area (Å²) in [6.07, 6.45) is -0.307. The fourth-order valence-electron chi connectivity index (χ4n) is 2.60. The molecular weight excluding hydrogens is 295 g/mol. The number of oxime groups is 1. The van der Waals surface area contributed by atoms with Crippen LogP contribution < -0.4 is 5.32 Å². The average Bonchev–Trinajstić information content (AvgIpc) is 2.97. The molecule has 1 heterocycles. The van der Waals surface area contributed by atoms with Crippen LogP contribution in [0.5, 0.6) is 0 Å². The van der Waals surface area contributed by atoms with Gasteiger partial charge in [0, 0.05) is 12.1 Å². The van der Waals surface area contributed by atoms with Gasteiger partial charge in [0.25, 0.3) is 5.91 Å². The van der Waals surface area contributed by atoms with Crippen LogP contribution in [0.15, 0.2) is 47.6 Å². The molecular formula is C18H17FN2O2. The maximum Gasteiger partial charge on any atom is 0.268 e. The van der Waals surface area contributed by atoms with E-state index in [1.807, 2.05) is 32.0 Å². The van der Waals surface area contributed by atoms with Crippen LogP contribution >= 0.6 is 0 Å². The van der Waals surface area contributed by atoms with Gasteiger partial charge in [-0.3, -0.25) is 4.79 Å². The van der Waals surface area contributed by atoms with Crippen LogP contribution in [0.2, 0.25) is 0 Å². The fourth-order valence-corrected chi connectivity index (χ4v) is 2.60. The molecule has 1 unspecified atom stereocenters. The summed E-state index contributed by atoms with van der Waals surface area (Å²) in [5.74, 6) is -0.548.